The third-order valence-electron chi connectivity index (χ3n) is 3.70. The second kappa shape index (κ2) is 6.13. The molecule has 7 heteroatoms. The molecule has 1 aliphatic heterocycles. The largest absolute Gasteiger partial charge is 0.411 e. The molecule has 1 aliphatic rings. The number of anilines is 1. The molecule has 0 spiro atoms. The summed E-state index contributed by atoms with van der Waals surface area (Å²) >= 11 is 0. The highest BCUT2D eigenvalue weighted by atomic mass is 19.3. The van der Waals surface area contributed by atoms with Crippen LogP contribution in [0.25, 0.3) is 0 Å². The van der Waals surface area contributed by atoms with Crippen LogP contribution in [0.15, 0.2) is 41.7 Å². The average Bonchev–Trinajstić information content (AvgIpc) is 2.92. The molecule has 1 aromatic carbocycles. The first-order valence-electron chi connectivity index (χ1n) is 7.03. The molecule has 2 heterocycles. The molecule has 0 atom stereocenters. The molecule has 0 saturated carbocycles. The molecule has 0 bridgehead atoms. The molecule has 1 aromatic heterocycles. The molecule has 0 amide bonds. The Hall–Kier alpha value is -2.44. The Morgan fingerprint density at radius 1 is 1.27 bits per heavy atom. The summed E-state index contributed by atoms with van der Waals surface area (Å²) in [5, 5.41) is 16.4. The van der Waals surface area contributed by atoms with Gasteiger partial charge >= 0.3 is 0 Å². The van der Waals surface area contributed by atoms with Gasteiger partial charge in [0.2, 0.25) is 0 Å². The Kier molecular flexibility index (Phi) is 4.04. The van der Waals surface area contributed by atoms with Gasteiger partial charge in [-0.05, 0) is 5.56 Å². The van der Waals surface area contributed by atoms with Crippen molar-refractivity contribution in [1.82, 2.24) is 9.78 Å². The molecule has 0 unspecified atom stereocenters. The van der Waals surface area contributed by atoms with Crippen LogP contribution in [0.4, 0.5) is 14.5 Å². The Balaban J connectivity index is 1.92. The van der Waals surface area contributed by atoms with Gasteiger partial charge in [-0.3, -0.25) is 4.68 Å². The summed E-state index contributed by atoms with van der Waals surface area (Å²) in [7, 11) is 0. The molecule has 0 radical (unpaired) electrons. The van der Waals surface area contributed by atoms with Crippen molar-refractivity contribution in [3.63, 3.8) is 0 Å². The van der Waals surface area contributed by atoms with Crippen LogP contribution in [-0.2, 0) is 13.1 Å². The van der Waals surface area contributed by atoms with Gasteiger partial charge in [0.15, 0.2) is 0 Å². The summed E-state index contributed by atoms with van der Waals surface area (Å²) in [6, 6.07) is 9.89. The third-order valence-corrected chi connectivity index (χ3v) is 3.70. The zero-order valence-corrected chi connectivity index (χ0v) is 11.9. The normalized spacial score (nSPS) is 16.3. The van der Waals surface area contributed by atoms with Crippen LogP contribution in [0.3, 0.4) is 0 Å². The van der Waals surface area contributed by atoms with Crippen LogP contribution in [0.2, 0.25) is 0 Å². The van der Waals surface area contributed by atoms with Crippen molar-refractivity contribution in [1.29, 1.82) is 0 Å². The summed E-state index contributed by atoms with van der Waals surface area (Å²) in [6.45, 7) is 0.808. The Morgan fingerprint density at radius 3 is 2.73 bits per heavy atom. The second-order valence-corrected chi connectivity index (χ2v) is 5.16. The molecule has 0 saturated heterocycles. The van der Waals surface area contributed by atoms with Crippen LogP contribution in [0, 0.1) is 0 Å². The van der Waals surface area contributed by atoms with Crippen LogP contribution < -0.4 is 4.90 Å². The maximum absolute atomic E-state index is 12.7. The van der Waals surface area contributed by atoms with E-state index in [0.717, 1.165) is 11.3 Å². The van der Waals surface area contributed by atoms with E-state index in [1.165, 1.54) is 4.68 Å². The lowest BCUT2D eigenvalue weighted by molar-refractivity contribution is 0.121. The van der Waals surface area contributed by atoms with E-state index in [-0.39, 0.29) is 0 Å². The van der Waals surface area contributed by atoms with Gasteiger partial charge in [-0.25, -0.2) is 8.78 Å². The van der Waals surface area contributed by atoms with Gasteiger partial charge < -0.3 is 10.1 Å². The molecule has 2 aromatic rings. The minimum atomic E-state index is -2.51. The average molecular weight is 306 g/mol. The van der Waals surface area contributed by atoms with Gasteiger partial charge in [0.05, 0.1) is 11.9 Å². The monoisotopic (exact) mass is 306 g/mol. The lowest BCUT2D eigenvalue weighted by atomic mass is 10.1. The maximum atomic E-state index is 12.7. The number of benzene rings is 1. The Morgan fingerprint density at radius 2 is 2.05 bits per heavy atom. The molecule has 0 fully saturated rings. The van der Waals surface area contributed by atoms with Crippen LogP contribution in [0.5, 0.6) is 0 Å². The van der Waals surface area contributed by atoms with Crippen molar-refractivity contribution in [2.75, 3.05) is 11.4 Å². The Bertz CT molecular complexity index is 669. The van der Waals surface area contributed by atoms with Gasteiger partial charge in [0.25, 0.3) is 6.43 Å². The molecule has 3 rings (SSSR count). The fourth-order valence-corrected chi connectivity index (χ4v) is 2.72. The van der Waals surface area contributed by atoms with Crippen LogP contribution >= 0.6 is 0 Å². The highest BCUT2D eigenvalue weighted by Crippen LogP contribution is 2.29. The SMILES string of the molecule is ON=C1CCN(Cc2ccccc2)c2cnn(CC(F)F)c21. The zero-order valence-electron chi connectivity index (χ0n) is 11.9. The van der Waals surface area contributed by atoms with E-state index in [2.05, 4.69) is 15.2 Å². The number of alkyl halides is 2. The number of rotatable bonds is 4. The van der Waals surface area contributed by atoms with Crippen LogP contribution in [-0.4, -0.2) is 33.7 Å². The first-order valence-corrected chi connectivity index (χ1v) is 7.03. The first kappa shape index (κ1) is 14.5. The topological polar surface area (TPSA) is 53.7 Å². The van der Waals surface area contributed by atoms with Gasteiger partial charge in [-0.1, -0.05) is 35.5 Å². The van der Waals surface area contributed by atoms with Gasteiger partial charge in [-0.15, -0.1) is 0 Å². The van der Waals surface area contributed by atoms with Crippen molar-refractivity contribution in [2.45, 2.75) is 25.9 Å². The smallest absolute Gasteiger partial charge is 0.257 e. The van der Waals surface area contributed by atoms with Gasteiger partial charge in [-0.2, -0.15) is 5.10 Å². The van der Waals surface area contributed by atoms with E-state index in [1.54, 1.807) is 6.20 Å². The lowest BCUT2D eigenvalue weighted by Crippen LogP contribution is -2.33. The Labute approximate surface area is 126 Å². The van der Waals surface area contributed by atoms with E-state index in [9.17, 15) is 8.78 Å². The quantitative estimate of drug-likeness (QED) is 0.698. The molecular formula is C15H16F2N4O. The van der Waals surface area contributed by atoms with E-state index in [1.807, 2.05) is 30.3 Å². The summed E-state index contributed by atoms with van der Waals surface area (Å²) in [6.07, 6.45) is -0.454. The minimum Gasteiger partial charge on any atom is -0.411 e. The first-order chi connectivity index (χ1) is 10.7. The number of halogens is 2. The fraction of sp³-hybridized carbons (Fsp3) is 0.333. The number of nitrogens with zero attached hydrogens (tertiary/aromatic N) is 4. The number of hydrogen-bond donors (Lipinski definition) is 1. The summed E-state index contributed by atoms with van der Waals surface area (Å²) in [4.78, 5) is 2.06. The highest BCUT2D eigenvalue weighted by Gasteiger charge is 2.27. The summed E-state index contributed by atoms with van der Waals surface area (Å²) in [5.74, 6) is 0. The number of aromatic nitrogens is 2. The lowest BCUT2D eigenvalue weighted by Gasteiger charge is -2.29. The van der Waals surface area contributed by atoms with E-state index < -0.39 is 13.0 Å². The number of oxime groups is 1. The maximum Gasteiger partial charge on any atom is 0.257 e. The van der Waals surface area contributed by atoms with E-state index in [0.29, 0.717) is 30.9 Å². The zero-order chi connectivity index (χ0) is 15.5. The molecule has 5 nitrogen and oxygen atoms in total. The van der Waals surface area contributed by atoms with Crippen molar-refractivity contribution < 1.29 is 14.0 Å². The predicted molar refractivity (Wildman–Crippen MR) is 78.7 cm³/mol. The third kappa shape index (κ3) is 2.79. The standard InChI is InChI=1S/C15H16F2N4O/c16-14(17)10-21-15-12(19-22)6-7-20(13(15)8-18-21)9-11-4-2-1-3-5-11/h1-5,8,14,22H,6-7,9-10H2. The second-order valence-electron chi connectivity index (χ2n) is 5.16. The summed E-state index contributed by atoms with van der Waals surface area (Å²) in [5.41, 5.74) is 2.73. The number of hydrogen-bond acceptors (Lipinski definition) is 4. The predicted octanol–water partition coefficient (Wildman–Crippen LogP) is 2.74. The van der Waals surface area contributed by atoms with Crippen molar-refractivity contribution in [3.8, 4) is 0 Å². The molecule has 0 aliphatic carbocycles. The van der Waals surface area contributed by atoms with Gasteiger partial charge in [0, 0.05) is 19.5 Å². The van der Waals surface area contributed by atoms with Crippen LogP contribution in [0.1, 0.15) is 17.7 Å². The van der Waals surface area contributed by atoms with E-state index >= 15 is 0 Å². The van der Waals surface area contributed by atoms with Crippen molar-refractivity contribution >= 4 is 11.4 Å². The molecule has 22 heavy (non-hydrogen) atoms. The molecule has 1 N–H and O–H groups in total. The minimum absolute atomic E-state index is 0.400. The van der Waals surface area contributed by atoms with Crippen molar-refractivity contribution in [3.05, 3.63) is 47.8 Å². The summed E-state index contributed by atoms with van der Waals surface area (Å²) < 4.78 is 26.5. The fourth-order valence-electron chi connectivity index (χ4n) is 2.72. The molecular weight excluding hydrogens is 290 g/mol. The van der Waals surface area contributed by atoms with Gasteiger partial charge in [0.1, 0.15) is 18.0 Å². The number of fused-ring (bicyclic) bond motifs is 1. The van der Waals surface area contributed by atoms with Crippen molar-refractivity contribution in [2.24, 2.45) is 5.16 Å². The van der Waals surface area contributed by atoms with E-state index in [4.69, 9.17) is 5.21 Å². The molecule has 116 valence electrons. The highest BCUT2D eigenvalue weighted by molar-refractivity contribution is 6.05.